The van der Waals surface area contributed by atoms with Gasteiger partial charge in [0.25, 0.3) is 0 Å². The molecule has 3 nitrogen and oxygen atoms in total. The molecule has 0 amide bonds. The topological polar surface area (TPSA) is 39.1 Å². The van der Waals surface area contributed by atoms with Gasteiger partial charge in [-0.25, -0.2) is 0 Å². The van der Waals surface area contributed by atoms with Crippen molar-refractivity contribution < 1.29 is 0 Å². The summed E-state index contributed by atoms with van der Waals surface area (Å²) in [5, 5.41) is 12.3. The standard InChI is InChI=1S/C14H19N3/c1-11-7-13(8-15)3-4-14(11)10-17-6-5-16-12(2)9-17/h3-4,7,12,16H,5-6,9-10H2,1-2H3/t12-/m0/s1. The van der Waals surface area contributed by atoms with Gasteiger partial charge < -0.3 is 5.32 Å². The van der Waals surface area contributed by atoms with Gasteiger partial charge in [-0.1, -0.05) is 6.07 Å². The van der Waals surface area contributed by atoms with E-state index in [9.17, 15) is 0 Å². The van der Waals surface area contributed by atoms with Crippen molar-refractivity contribution in [1.82, 2.24) is 10.2 Å². The molecular weight excluding hydrogens is 210 g/mol. The van der Waals surface area contributed by atoms with Gasteiger partial charge in [0.2, 0.25) is 0 Å². The lowest BCUT2D eigenvalue weighted by atomic mass is 10.0. The van der Waals surface area contributed by atoms with Crippen LogP contribution in [0.4, 0.5) is 0 Å². The molecule has 1 atom stereocenters. The summed E-state index contributed by atoms with van der Waals surface area (Å²) in [6, 6.07) is 8.72. The Morgan fingerprint density at radius 3 is 3.00 bits per heavy atom. The Hall–Kier alpha value is -1.37. The molecular formula is C14H19N3. The molecule has 0 saturated carbocycles. The van der Waals surface area contributed by atoms with Crippen LogP contribution in [0.3, 0.4) is 0 Å². The van der Waals surface area contributed by atoms with Crippen molar-refractivity contribution in [3.63, 3.8) is 0 Å². The monoisotopic (exact) mass is 229 g/mol. The van der Waals surface area contributed by atoms with Gasteiger partial charge >= 0.3 is 0 Å². The van der Waals surface area contributed by atoms with Crippen LogP contribution in [0.25, 0.3) is 0 Å². The predicted octanol–water partition coefficient (Wildman–Crippen LogP) is 1.66. The molecule has 1 heterocycles. The second-order valence-electron chi connectivity index (χ2n) is 4.84. The van der Waals surface area contributed by atoms with Crippen molar-refractivity contribution in [2.45, 2.75) is 26.4 Å². The van der Waals surface area contributed by atoms with Gasteiger partial charge in [-0.3, -0.25) is 4.90 Å². The SMILES string of the molecule is Cc1cc(C#N)ccc1CN1CCN[C@@H](C)C1. The van der Waals surface area contributed by atoms with Gasteiger partial charge in [-0.2, -0.15) is 5.26 Å². The first-order valence-electron chi connectivity index (χ1n) is 6.14. The van der Waals surface area contributed by atoms with Crippen LogP contribution >= 0.6 is 0 Å². The van der Waals surface area contributed by atoms with Crippen LogP contribution in [0, 0.1) is 18.3 Å². The Kier molecular flexibility index (Phi) is 3.78. The molecule has 0 bridgehead atoms. The zero-order chi connectivity index (χ0) is 12.3. The average molecular weight is 229 g/mol. The van der Waals surface area contributed by atoms with Crippen LogP contribution in [-0.4, -0.2) is 30.6 Å². The van der Waals surface area contributed by atoms with Crippen LogP contribution in [0.5, 0.6) is 0 Å². The maximum atomic E-state index is 8.84. The van der Waals surface area contributed by atoms with Gasteiger partial charge in [0.05, 0.1) is 11.6 Å². The number of aryl methyl sites for hydroxylation is 1. The molecule has 1 saturated heterocycles. The van der Waals surface area contributed by atoms with Crippen LogP contribution in [-0.2, 0) is 6.54 Å². The summed E-state index contributed by atoms with van der Waals surface area (Å²) < 4.78 is 0. The fourth-order valence-corrected chi connectivity index (χ4v) is 2.34. The highest BCUT2D eigenvalue weighted by Gasteiger charge is 2.16. The Morgan fingerprint density at radius 1 is 1.53 bits per heavy atom. The Balaban J connectivity index is 2.06. The normalized spacial score (nSPS) is 21.1. The van der Waals surface area contributed by atoms with Crippen molar-refractivity contribution in [2.75, 3.05) is 19.6 Å². The van der Waals surface area contributed by atoms with Crippen LogP contribution < -0.4 is 5.32 Å². The number of rotatable bonds is 2. The highest BCUT2D eigenvalue weighted by Crippen LogP contribution is 2.14. The lowest BCUT2D eigenvalue weighted by Gasteiger charge is -2.32. The Morgan fingerprint density at radius 2 is 2.35 bits per heavy atom. The van der Waals surface area contributed by atoms with Gasteiger partial charge in [0.1, 0.15) is 0 Å². The van der Waals surface area contributed by atoms with E-state index in [-0.39, 0.29) is 0 Å². The molecule has 17 heavy (non-hydrogen) atoms. The van der Waals surface area contributed by atoms with Gasteiger partial charge in [-0.15, -0.1) is 0 Å². The quantitative estimate of drug-likeness (QED) is 0.838. The molecule has 0 spiro atoms. The maximum Gasteiger partial charge on any atom is 0.0991 e. The van der Waals surface area contributed by atoms with E-state index in [2.05, 4.69) is 36.2 Å². The summed E-state index contributed by atoms with van der Waals surface area (Å²) in [6.07, 6.45) is 0. The number of hydrogen-bond donors (Lipinski definition) is 1. The lowest BCUT2D eigenvalue weighted by Crippen LogP contribution is -2.48. The number of nitrogens with zero attached hydrogens (tertiary/aromatic N) is 2. The van der Waals surface area contributed by atoms with E-state index in [0.717, 1.165) is 31.7 Å². The third kappa shape index (κ3) is 3.06. The minimum absolute atomic E-state index is 0.572. The zero-order valence-electron chi connectivity index (χ0n) is 10.5. The molecule has 1 fully saturated rings. The first-order chi connectivity index (χ1) is 8.19. The van der Waals surface area contributed by atoms with E-state index in [1.807, 2.05) is 12.1 Å². The van der Waals surface area contributed by atoms with E-state index < -0.39 is 0 Å². The zero-order valence-corrected chi connectivity index (χ0v) is 10.5. The predicted molar refractivity (Wildman–Crippen MR) is 68.6 cm³/mol. The fraction of sp³-hybridized carbons (Fsp3) is 0.500. The maximum absolute atomic E-state index is 8.84. The Bertz CT molecular complexity index is 434. The molecule has 1 aromatic rings. The van der Waals surface area contributed by atoms with E-state index in [1.165, 1.54) is 11.1 Å². The summed E-state index contributed by atoms with van der Waals surface area (Å²) in [7, 11) is 0. The summed E-state index contributed by atoms with van der Waals surface area (Å²) in [5.74, 6) is 0. The van der Waals surface area contributed by atoms with Crippen LogP contribution in [0.1, 0.15) is 23.6 Å². The van der Waals surface area contributed by atoms with Crippen molar-refractivity contribution in [2.24, 2.45) is 0 Å². The molecule has 0 unspecified atom stereocenters. The molecule has 3 heteroatoms. The number of piperazine rings is 1. The van der Waals surface area contributed by atoms with E-state index in [1.54, 1.807) is 0 Å². The van der Waals surface area contributed by atoms with E-state index in [0.29, 0.717) is 6.04 Å². The summed E-state index contributed by atoms with van der Waals surface area (Å²) in [5.41, 5.74) is 3.30. The molecule has 1 aliphatic heterocycles. The van der Waals surface area contributed by atoms with Crippen molar-refractivity contribution >= 4 is 0 Å². The first-order valence-corrected chi connectivity index (χ1v) is 6.14. The highest BCUT2D eigenvalue weighted by molar-refractivity contribution is 5.37. The van der Waals surface area contributed by atoms with Crippen LogP contribution in [0.2, 0.25) is 0 Å². The van der Waals surface area contributed by atoms with Crippen molar-refractivity contribution in [3.8, 4) is 6.07 Å². The number of nitrogens with one attached hydrogen (secondary N) is 1. The van der Waals surface area contributed by atoms with Gasteiger partial charge in [0.15, 0.2) is 0 Å². The molecule has 0 aliphatic carbocycles. The third-order valence-electron chi connectivity index (χ3n) is 3.32. The van der Waals surface area contributed by atoms with Crippen molar-refractivity contribution in [3.05, 3.63) is 34.9 Å². The number of hydrogen-bond acceptors (Lipinski definition) is 3. The molecule has 1 aliphatic rings. The second kappa shape index (κ2) is 5.31. The van der Waals surface area contributed by atoms with E-state index >= 15 is 0 Å². The second-order valence-corrected chi connectivity index (χ2v) is 4.84. The summed E-state index contributed by atoms with van der Waals surface area (Å²) in [4.78, 5) is 2.47. The first kappa shape index (κ1) is 12.1. The fourth-order valence-electron chi connectivity index (χ4n) is 2.34. The number of benzene rings is 1. The Labute approximate surface area is 103 Å². The van der Waals surface area contributed by atoms with Gasteiger partial charge in [0, 0.05) is 32.2 Å². The lowest BCUT2D eigenvalue weighted by molar-refractivity contribution is 0.199. The van der Waals surface area contributed by atoms with Crippen LogP contribution in [0.15, 0.2) is 18.2 Å². The molecule has 90 valence electrons. The smallest absolute Gasteiger partial charge is 0.0991 e. The summed E-state index contributed by atoms with van der Waals surface area (Å²) in [6.45, 7) is 8.56. The molecule has 2 rings (SSSR count). The molecule has 0 aromatic heterocycles. The van der Waals surface area contributed by atoms with Gasteiger partial charge in [-0.05, 0) is 37.1 Å². The molecule has 0 radical (unpaired) electrons. The molecule has 1 N–H and O–H groups in total. The largest absolute Gasteiger partial charge is 0.312 e. The van der Waals surface area contributed by atoms with E-state index in [4.69, 9.17) is 5.26 Å². The number of nitriles is 1. The summed E-state index contributed by atoms with van der Waals surface area (Å²) >= 11 is 0. The minimum atomic E-state index is 0.572. The minimum Gasteiger partial charge on any atom is -0.312 e. The third-order valence-corrected chi connectivity index (χ3v) is 3.32. The van der Waals surface area contributed by atoms with Crippen molar-refractivity contribution in [1.29, 1.82) is 5.26 Å². The molecule has 1 aromatic carbocycles. The average Bonchev–Trinajstić information content (AvgIpc) is 2.32. The highest BCUT2D eigenvalue weighted by atomic mass is 15.2.